The van der Waals surface area contributed by atoms with Crippen molar-refractivity contribution in [3.8, 4) is 0 Å². The van der Waals surface area contributed by atoms with E-state index in [4.69, 9.17) is 186 Å². The summed E-state index contributed by atoms with van der Waals surface area (Å²) in [5, 5.41) is -1.42. The molecule has 0 saturated carbocycles. The van der Waals surface area contributed by atoms with E-state index in [2.05, 4.69) is 0 Å². The van der Waals surface area contributed by atoms with E-state index in [1.165, 1.54) is 0 Å². The van der Waals surface area contributed by atoms with Crippen LogP contribution in [0.1, 0.15) is 0 Å². The van der Waals surface area contributed by atoms with Gasteiger partial charge in [0.05, 0.1) is 10.1 Å². The van der Waals surface area contributed by atoms with Gasteiger partial charge in [0.1, 0.15) is 0 Å². The number of allylic oxidation sites excluding steroid dienone is 2. The van der Waals surface area contributed by atoms with Crippen LogP contribution >= 0.6 is 186 Å². The molecule has 0 spiro atoms. The molecule has 0 atom stereocenters. The summed E-state index contributed by atoms with van der Waals surface area (Å²) in [6.07, 6.45) is 0. The Kier molecular flexibility index (Phi) is 10.5. The van der Waals surface area contributed by atoms with Crippen molar-refractivity contribution in [2.45, 2.75) is 24.9 Å². The summed E-state index contributed by atoms with van der Waals surface area (Å²) in [6.45, 7) is 0. The lowest BCUT2D eigenvalue weighted by Gasteiger charge is -2.48. The Morgan fingerprint density at radius 3 is 1.00 bits per heavy atom. The first-order valence-electron chi connectivity index (χ1n) is 4.77. The third-order valence-electron chi connectivity index (χ3n) is 2.26. The molecule has 0 amide bonds. The minimum absolute atomic E-state index is 0.669. The summed E-state index contributed by atoms with van der Waals surface area (Å²) in [6, 6.07) is 0. The third kappa shape index (κ3) is 5.35. The number of hydrogen-bond donors (Lipinski definition) is 0. The molecule has 0 radical (unpaired) electrons. The zero-order chi connectivity index (χ0) is 20.2. The summed E-state index contributed by atoms with van der Waals surface area (Å²) in [5.74, 6) is 0. The van der Waals surface area contributed by atoms with Gasteiger partial charge in [0, 0.05) is 0 Å². The molecular formula is C8Cl16. The molecule has 0 bridgehead atoms. The van der Waals surface area contributed by atoms with E-state index in [1.807, 2.05) is 0 Å². The van der Waals surface area contributed by atoms with E-state index in [0.717, 1.165) is 0 Å². The van der Waals surface area contributed by atoms with Crippen molar-refractivity contribution in [3.05, 3.63) is 10.1 Å². The Morgan fingerprint density at radius 1 is 0.417 bits per heavy atom. The molecule has 0 saturated heterocycles. The molecule has 0 heterocycles. The van der Waals surface area contributed by atoms with Crippen LogP contribution in [0.4, 0.5) is 0 Å². The number of alkyl halides is 14. The molecule has 0 aliphatic rings. The summed E-state index contributed by atoms with van der Waals surface area (Å²) in [5.41, 5.74) is 0. The average molecular weight is 663 g/mol. The van der Waals surface area contributed by atoms with Crippen molar-refractivity contribution in [2.24, 2.45) is 0 Å². The quantitative estimate of drug-likeness (QED) is 0.263. The Morgan fingerprint density at radius 2 is 0.750 bits per heavy atom. The number of halogens is 16. The molecule has 0 aromatic heterocycles. The normalized spacial score (nSPS) is 17.0. The van der Waals surface area contributed by atoms with Gasteiger partial charge in [0.25, 0.3) is 0 Å². The van der Waals surface area contributed by atoms with Gasteiger partial charge in [-0.2, -0.15) is 0 Å². The first-order valence-corrected chi connectivity index (χ1v) is 10.8. The molecule has 144 valence electrons. The largest absolute Gasteiger partial charge is 0.227 e. The monoisotopic (exact) mass is 656 g/mol. The SMILES string of the molecule is ClC(=C(Cl)C(Cl)(Cl)C(Cl)(Cl)C(Cl)(Cl)C(Cl)(Cl)C(Cl)(Cl)Cl)C(Cl)(Cl)Cl. The van der Waals surface area contributed by atoms with Gasteiger partial charge in [-0.25, -0.2) is 0 Å². The second-order valence-corrected chi connectivity index (χ2v) is 14.5. The van der Waals surface area contributed by atoms with Gasteiger partial charge in [-0.1, -0.05) is 186 Å². The number of rotatable bonds is 4. The zero-order valence-corrected chi connectivity index (χ0v) is 22.1. The van der Waals surface area contributed by atoms with Crippen LogP contribution in [0.15, 0.2) is 10.1 Å². The van der Waals surface area contributed by atoms with Crippen LogP contribution in [0.25, 0.3) is 0 Å². The van der Waals surface area contributed by atoms with Crippen molar-refractivity contribution >= 4 is 186 Å². The third-order valence-corrected chi connectivity index (χ3v) is 11.3. The molecule has 0 aromatic rings. The van der Waals surface area contributed by atoms with Gasteiger partial charge in [-0.15, -0.1) is 0 Å². The molecule has 0 fully saturated rings. The Bertz CT molecular complexity index is 501. The van der Waals surface area contributed by atoms with Crippen molar-refractivity contribution in [1.82, 2.24) is 0 Å². The lowest BCUT2D eigenvalue weighted by molar-refractivity contribution is 0.564. The fourth-order valence-electron chi connectivity index (χ4n) is 0.972. The number of hydrogen-bond acceptors (Lipinski definition) is 0. The van der Waals surface area contributed by atoms with Crippen LogP contribution in [0.5, 0.6) is 0 Å². The molecule has 16 heteroatoms. The minimum Gasteiger partial charge on any atom is -0.0946 e. The second-order valence-electron chi connectivity index (χ2n) is 3.92. The average Bonchev–Trinajstić information content (AvgIpc) is 2.33. The van der Waals surface area contributed by atoms with Gasteiger partial charge in [0.2, 0.25) is 11.9 Å². The predicted octanol–water partition coefficient (Wildman–Crippen LogP) is 10.1. The summed E-state index contributed by atoms with van der Waals surface area (Å²) in [7, 11) is 0. The highest BCUT2D eigenvalue weighted by atomic mass is 35.6. The van der Waals surface area contributed by atoms with Crippen LogP contribution in [0.3, 0.4) is 0 Å². The molecule has 0 N–H and O–H groups in total. The lowest BCUT2D eigenvalue weighted by Crippen LogP contribution is -2.62. The molecule has 0 rings (SSSR count). The highest BCUT2D eigenvalue weighted by Crippen LogP contribution is 2.68. The zero-order valence-electron chi connectivity index (χ0n) is 10.0. The molecule has 0 unspecified atom stereocenters. The van der Waals surface area contributed by atoms with Crippen LogP contribution in [0.2, 0.25) is 0 Å². The van der Waals surface area contributed by atoms with Gasteiger partial charge >= 0.3 is 0 Å². The van der Waals surface area contributed by atoms with E-state index in [1.54, 1.807) is 0 Å². The maximum Gasteiger partial charge on any atom is 0.227 e. The van der Waals surface area contributed by atoms with E-state index in [9.17, 15) is 0 Å². The highest BCUT2D eigenvalue weighted by molar-refractivity contribution is 6.82. The van der Waals surface area contributed by atoms with Gasteiger partial charge in [-0.3, -0.25) is 0 Å². The minimum atomic E-state index is -2.76. The van der Waals surface area contributed by atoms with E-state index in [0.29, 0.717) is 0 Å². The van der Waals surface area contributed by atoms with Crippen LogP contribution < -0.4 is 0 Å². The van der Waals surface area contributed by atoms with Crippen LogP contribution in [-0.2, 0) is 0 Å². The van der Waals surface area contributed by atoms with Crippen molar-refractivity contribution in [3.63, 3.8) is 0 Å². The lowest BCUT2D eigenvalue weighted by atomic mass is 10.1. The smallest absolute Gasteiger partial charge is 0.0946 e. The van der Waals surface area contributed by atoms with E-state index < -0.39 is 35.0 Å². The summed E-state index contributed by atoms with van der Waals surface area (Å²) < 4.78 is -15.6. The second kappa shape index (κ2) is 8.86. The van der Waals surface area contributed by atoms with E-state index >= 15 is 0 Å². The first-order chi connectivity index (χ1) is 10.1. The van der Waals surface area contributed by atoms with Gasteiger partial charge in [-0.05, 0) is 0 Å². The molecule has 24 heavy (non-hydrogen) atoms. The fraction of sp³-hybridized carbons (Fsp3) is 0.750. The molecule has 0 aromatic carbocycles. The first kappa shape index (κ1) is 28.4. The summed E-state index contributed by atoms with van der Waals surface area (Å²) in [4.78, 5) is 0. The molecule has 0 aliphatic carbocycles. The maximum atomic E-state index is 6.09. The Hall–Kier alpha value is 4.38. The highest BCUT2D eigenvalue weighted by Gasteiger charge is 2.74. The fourth-order valence-corrected chi connectivity index (χ4v) is 4.92. The molecule has 0 aliphatic heterocycles. The summed E-state index contributed by atoms with van der Waals surface area (Å²) >= 11 is 93.6. The van der Waals surface area contributed by atoms with Crippen molar-refractivity contribution in [1.29, 1.82) is 0 Å². The topological polar surface area (TPSA) is 0 Å². The Balaban J connectivity index is 6.43. The maximum absolute atomic E-state index is 6.09. The van der Waals surface area contributed by atoms with Crippen LogP contribution in [0, 0.1) is 0 Å². The Labute approximate surface area is 217 Å². The van der Waals surface area contributed by atoms with E-state index in [-0.39, 0.29) is 0 Å². The van der Waals surface area contributed by atoms with Crippen LogP contribution in [-0.4, -0.2) is 24.9 Å². The van der Waals surface area contributed by atoms with Gasteiger partial charge in [0.15, 0.2) is 13.0 Å². The molecular weight excluding hydrogens is 663 g/mol. The molecule has 0 nitrogen and oxygen atoms in total. The predicted molar refractivity (Wildman–Crippen MR) is 117 cm³/mol. The standard InChI is InChI=1S/C8Cl16/c9-1(2(10)4(13,14)15)3(11,12)5(16,17)6(18,19)7(20,21)8(22,23)24. The van der Waals surface area contributed by atoms with Crippen molar-refractivity contribution < 1.29 is 0 Å². The van der Waals surface area contributed by atoms with Gasteiger partial charge < -0.3 is 0 Å². The van der Waals surface area contributed by atoms with Crippen molar-refractivity contribution in [2.75, 3.05) is 0 Å².